The van der Waals surface area contributed by atoms with Gasteiger partial charge in [-0.15, -0.1) is 0 Å². The molecule has 1 amide bonds. The Morgan fingerprint density at radius 2 is 1.95 bits per heavy atom. The van der Waals surface area contributed by atoms with Gasteiger partial charge in [0.05, 0.1) is 13.2 Å². The number of hydrogen-bond donors (Lipinski definition) is 2. The highest BCUT2D eigenvalue weighted by Gasteiger charge is 2.25. The van der Waals surface area contributed by atoms with Gasteiger partial charge in [0, 0.05) is 39.3 Å². The second-order valence-electron chi connectivity index (χ2n) is 4.85. The normalized spacial score (nSPS) is 20.2. The number of piperazine rings is 1. The first-order valence-corrected chi connectivity index (χ1v) is 7.66. The van der Waals surface area contributed by atoms with Crippen molar-refractivity contribution >= 4 is 28.2 Å². The van der Waals surface area contributed by atoms with Crippen LogP contribution >= 0.6 is 11.3 Å². The highest BCUT2D eigenvalue weighted by molar-refractivity contribution is 7.18. The zero-order valence-electron chi connectivity index (χ0n) is 11.3. The minimum atomic E-state index is -0.0234. The van der Waals surface area contributed by atoms with Gasteiger partial charge in [-0.3, -0.25) is 4.79 Å². The van der Waals surface area contributed by atoms with Crippen LogP contribution in [0.4, 0.5) is 10.9 Å². The van der Waals surface area contributed by atoms with Crippen LogP contribution in [-0.4, -0.2) is 68.3 Å². The number of carbonyl (C=O) groups is 1. The van der Waals surface area contributed by atoms with Crippen LogP contribution in [0.25, 0.3) is 0 Å². The lowest BCUT2D eigenvalue weighted by molar-refractivity contribution is 0.0306. The number of nitrogens with one attached hydrogen (secondary N) is 1. The van der Waals surface area contributed by atoms with E-state index in [1.807, 2.05) is 0 Å². The van der Waals surface area contributed by atoms with Crippen LogP contribution in [0.1, 0.15) is 9.67 Å². The average molecular weight is 297 g/mol. The van der Waals surface area contributed by atoms with Gasteiger partial charge in [0.1, 0.15) is 10.7 Å². The number of nitrogens with zero attached hydrogens (tertiary/aromatic N) is 3. The Morgan fingerprint density at radius 3 is 2.65 bits per heavy atom. The third kappa shape index (κ3) is 2.72. The molecule has 0 bridgehead atoms. The van der Waals surface area contributed by atoms with E-state index in [1.54, 1.807) is 4.90 Å². The summed E-state index contributed by atoms with van der Waals surface area (Å²) in [5.74, 6) is 0.324. The van der Waals surface area contributed by atoms with Crippen LogP contribution < -0.4 is 16.0 Å². The van der Waals surface area contributed by atoms with Gasteiger partial charge in [0.25, 0.3) is 5.91 Å². The molecule has 3 N–H and O–H groups in total. The lowest BCUT2D eigenvalue weighted by Gasteiger charge is -2.27. The van der Waals surface area contributed by atoms with Gasteiger partial charge in [-0.05, 0) is 0 Å². The van der Waals surface area contributed by atoms with E-state index >= 15 is 0 Å². The molecule has 8 heteroatoms. The lowest BCUT2D eigenvalue weighted by Crippen LogP contribution is -2.43. The van der Waals surface area contributed by atoms with E-state index in [-0.39, 0.29) is 5.91 Å². The number of morpholine rings is 1. The summed E-state index contributed by atoms with van der Waals surface area (Å²) in [7, 11) is 0. The van der Waals surface area contributed by atoms with Crippen LogP contribution in [-0.2, 0) is 4.74 Å². The van der Waals surface area contributed by atoms with E-state index in [9.17, 15) is 4.79 Å². The molecule has 0 aliphatic carbocycles. The molecule has 1 aromatic heterocycles. The highest BCUT2D eigenvalue weighted by Crippen LogP contribution is 2.29. The number of rotatable bonds is 2. The Bertz CT molecular complexity index is 480. The first kappa shape index (κ1) is 13.6. The van der Waals surface area contributed by atoms with Crippen molar-refractivity contribution in [2.75, 3.05) is 63.1 Å². The third-order valence-electron chi connectivity index (χ3n) is 3.52. The van der Waals surface area contributed by atoms with Crippen molar-refractivity contribution in [1.29, 1.82) is 0 Å². The van der Waals surface area contributed by atoms with E-state index in [2.05, 4.69) is 15.2 Å². The SMILES string of the molecule is Nc1nc(N2CCNCC2)sc1C(=O)N1CCOCC1. The predicted octanol–water partition coefficient (Wildman–Crippen LogP) is -0.393. The summed E-state index contributed by atoms with van der Waals surface area (Å²) in [4.78, 5) is 21.3. The maximum atomic E-state index is 12.4. The van der Waals surface area contributed by atoms with E-state index in [0.29, 0.717) is 37.0 Å². The number of nitrogens with two attached hydrogens (primary N) is 1. The smallest absolute Gasteiger partial charge is 0.268 e. The summed E-state index contributed by atoms with van der Waals surface area (Å²) < 4.78 is 5.26. The van der Waals surface area contributed by atoms with Gasteiger partial charge in [-0.1, -0.05) is 11.3 Å². The van der Waals surface area contributed by atoms with Gasteiger partial charge in [0.15, 0.2) is 5.13 Å². The Labute approximate surface area is 121 Å². The molecule has 0 aromatic carbocycles. The van der Waals surface area contributed by atoms with Gasteiger partial charge in [-0.2, -0.15) is 0 Å². The second-order valence-corrected chi connectivity index (χ2v) is 5.83. The quantitative estimate of drug-likeness (QED) is 0.773. The molecule has 2 saturated heterocycles. The van der Waals surface area contributed by atoms with E-state index in [4.69, 9.17) is 10.5 Å². The molecule has 2 fully saturated rings. The van der Waals surface area contributed by atoms with E-state index in [1.165, 1.54) is 11.3 Å². The summed E-state index contributed by atoms with van der Waals surface area (Å²) >= 11 is 1.40. The molecule has 1 aromatic rings. The van der Waals surface area contributed by atoms with Gasteiger partial charge < -0.3 is 25.6 Å². The largest absolute Gasteiger partial charge is 0.382 e. The zero-order chi connectivity index (χ0) is 13.9. The van der Waals surface area contributed by atoms with Crippen LogP contribution in [0.5, 0.6) is 0 Å². The highest BCUT2D eigenvalue weighted by atomic mass is 32.1. The maximum Gasteiger partial charge on any atom is 0.268 e. The van der Waals surface area contributed by atoms with Crippen LogP contribution in [0.2, 0.25) is 0 Å². The number of aromatic nitrogens is 1. The fourth-order valence-corrected chi connectivity index (χ4v) is 3.38. The topological polar surface area (TPSA) is 83.7 Å². The minimum absolute atomic E-state index is 0.0234. The van der Waals surface area contributed by atoms with Crippen molar-refractivity contribution in [3.05, 3.63) is 4.88 Å². The Hall–Kier alpha value is -1.38. The zero-order valence-corrected chi connectivity index (χ0v) is 12.1. The minimum Gasteiger partial charge on any atom is -0.382 e. The van der Waals surface area contributed by atoms with Gasteiger partial charge in [0.2, 0.25) is 0 Å². The van der Waals surface area contributed by atoms with Crippen molar-refractivity contribution in [3.63, 3.8) is 0 Å². The van der Waals surface area contributed by atoms with E-state index < -0.39 is 0 Å². The number of carbonyl (C=O) groups excluding carboxylic acids is 1. The number of anilines is 2. The first-order valence-electron chi connectivity index (χ1n) is 6.84. The Balaban J connectivity index is 1.75. The summed E-state index contributed by atoms with van der Waals surface area (Å²) in [6.07, 6.45) is 0. The fraction of sp³-hybridized carbons (Fsp3) is 0.667. The molecule has 20 heavy (non-hydrogen) atoms. The number of thiazole rings is 1. The van der Waals surface area contributed by atoms with Gasteiger partial charge >= 0.3 is 0 Å². The molecule has 0 atom stereocenters. The fourth-order valence-electron chi connectivity index (χ4n) is 2.37. The van der Waals surface area contributed by atoms with Crippen LogP contribution in [0.3, 0.4) is 0 Å². The monoisotopic (exact) mass is 297 g/mol. The summed E-state index contributed by atoms with van der Waals surface area (Å²) in [6, 6.07) is 0. The molecule has 2 aliphatic heterocycles. The van der Waals surface area contributed by atoms with Crippen LogP contribution in [0, 0.1) is 0 Å². The average Bonchev–Trinajstić information content (AvgIpc) is 2.90. The Kier molecular flexibility index (Phi) is 4.04. The third-order valence-corrected chi connectivity index (χ3v) is 4.64. The molecular formula is C12H19N5O2S. The number of hydrogen-bond acceptors (Lipinski definition) is 7. The molecule has 110 valence electrons. The Morgan fingerprint density at radius 1 is 1.25 bits per heavy atom. The molecule has 0 saturated carbocycles. The first-order chi connectivity index (χ1) is 9.75. The molecule has 0 radical (unpaired) electrons. The van der Waals surface area contributed by atoms with Gasteiger partial charge in [-0.25, -0.2) is 4.98 Å². The molecule has 7 nitrogen and oxygen atoms in total. The summed E-state index contributed by atoms with van der Waals surface area (Å²) in [6.45, 7) is 6.11. The molecule has 0 unspecified atom stereocenters. The van der Waals surface area contributed by atoms with Crippen molar-refractivity contribution in [1.82, 2.24) is 15.2 Å². The molecule has 3 rings (SSSR count). The summed E-state index contributed by atoms with van der Waals surface area (Å²) in [5, 5.41) is 4.14. The summed E-state index contributed by atoms with van der Waals surface area (Å²) in [5.41, 5.74) is 5.93. The predicted molar refractivity (Wildman–Crippen MR) is 78.3 cm³/mol. The van der Waals surface area contributed by atoms with Crippen molar-refractivity contribution in [3.8, 4) is 0 Å². The maximum absolute atomic E-state index is 12.4. The lowest BCUT2D eigenvalue weighted by atomic mass is 10.3. The standard InChI is InChI=1S/C12H19N5O2S/c13-10-9(11(18)16-5-7-19-8-6-16)20-12(15-10)17-3-1-14-2-4-17/h14H,1-8,13H2. The molecule has 2 aliphatic rings. The second kappa shape index (κ2) is 5.94. The molecule has 3 heterocycles. The van der Waals surface area contributed by atoms with Crippen molar-refractivity contribution < 1.29 is 9.53 Å². The number of nitrogen functional groups attached to an aromatic ring is 1. The molecule has 0 spiro atoms. The number of amides is 1. The van der Waals surface area contributed by atoms with Crippen molar-refractivity contribution in [2.45, 2.75) is 0 Å². The van der Waals surface area contributed by atoms with Crippen LogP contribution in [0.15, 0.2) is 0 Å². The van der Waals surface area contributed by atoms with Crippen molar-refractivity contribution in [2.24, 2.45) is 0 Å². The number of ether oxygens (including phenoxy) is 1. The molecular weight excluding hydrogens is 278 g/mol. The van der Waals surface area contributed by atoms with E-state index in [0.717, 1.165) is 31.3 Å².